The third-order valence-corrected chi connectivity index (χ3v) is 6.93. The van der Waals surface area contributed by atoms with Gasteiger partial charge in [-0.25, -0.2) is 4.79 Å². The van der Waals surface area contributed by atoms with Crippen molar-refractivity contribution in [2.45, 2.75) is 12.5 Å². The van der Waals surface area contributed by atoms with Crippen LogP contribution in [0.25, 0.3) is 11.1 Å². The van der Waals surface area contributed by atoms with Crippen molar-refractivity contribution in [1.29, 1.82) is 0 Å². The molecular formula is C28H25BF3KN2O2. The zero-order valence-corrected chi connectivity index (χ0v) is 23.8. The fourth-order valence-electron chi connectivity index (χ4n) is 5.11. The van der Waals surface area contributed by atoms with Gasteiger partial charge in [0.05, 0.1) is 0 Å². The smallest absolute Gasteiger partial charge is 0.448 e. The van der Waals surface area contributed by atoms with E-state index in [4.69, 9.17) is 11.2 Å². The fraction of sp³-hybridized carbons (Fsp3) is 0.250. The molecule has 0 atom stereocenters. The van der Waals surface area contributed by atoms with E-state index >= 15 is 0 Å². The molecule has 1 aliphatic heterocycles. The van der Waals surface area contributed by atoms with Crippen LogP contribution in [0.3, 0.4) is 0 Å². The normalized spacial score (nSPS) is 15.4. The Balaban J connectivity index is 0.00000320. The quantitative estimate of drug-likeness (QED) is 0.374. The summed E-state index contributed by atoms with van der Waals surface area (Å²) in [6.07, 6.45) is 4.99. The minimum atomic E-state index is -5.13. The maximum atomic E-state index is 13.3. The molecule has 0 saturated carbocycles. The van der Waals surface area contributed by atoms with Gasteiger partial charge in [0.1, 0.15) is 6.61 Å². The second kappa shape index (κ2) is 11.8. The van der Waals surface area contributed by atoms with E-state index in [1.807, 2.05) is 29.2 Å². The van der Waals surface area contributed by atoms with E-state index in [-0.39, 0.29) is 75.6 Å². The van der Waals surface area contributed by atoms with Crippen LogP contribution in [0.5, 0.6) is 0 Å². The van der Waals surface area contributed by atoms with Crippen molar-refractivity contribution < 1.29 is 73.9 Å². The summed E-state index contributed by atoms with van der Waals surface area (Å²) in [5.74, 6) is 2.31. The number of fused-ring (bicyclic) bond motifs is 3. The number of piperazine rings is 1. The van der Waals surface area contributed by atoms with Crippen LogP contribution in [-0.4, -0.2) is 55.7 Å². The number of nitrogens with zero attached hydrogens (tertiary/aromatic N) is 2. The number of hydrogen-bond donors (Lipinski definition) is 0. The van der Waals surface area contributed by atoms with Gasteiger partial charge in [-0.15, -0.1) is 11.9 Å². The van der Waals surface area contributed by atoms with Crippen LogP contribution in [-0.2, 0) is 11.3 Å². The first-order valence-electron chi connectivity index (χ1n) is 12.0. The molecule has 184 valence electrons. The van der Waals surface area contributed by atoms with Gasteiger partial charge in [-0.3, -0.25) is 4.90 Å². The molecule has 2 aliphatic rings. The van der Waals surface area contributed by atoms with Gasteiger partial charge >= 0.3 is 64.5 Å². The molecule has 0 unspecified atom stereocenters. The second-order valence-corrected chi connectivity index (χ2v) is 9.25. The number of carbonyl (C=O) groups excluding carboxylic acids is 1. The van der Waals surface area contributed by atoms with Crippen molar-refractivity contribution in [1.82, 2.24) is 9.80 Å². The van der Waals surface area contributed by atoms with Crippen LogP contribution in [0.4, 0.5) is 17.7 Å². The fourth-order valence-corrected chi connectivity index (χ4v) is 5.11. The van der Waals surface area contributed by atoms with Gasteiger partial charge < -0.3 is 22.6 Å². The Morgan fingerprint density at radius 3 is 2.11 bits per heavy atom. The van der Waals surface area contributed by atoms with E-state index in [0.717, 1.165) is 17.2 Å². The van der Waals surface area contributed by atoms with Crippen LogP contribution in [0.15, 0.2) is 66.7 Å². The Hall–Kier alpha value is -2.06. The Morgan fingerprint density at radius 1 is 0.946 bits per heavy atom. The van der Waals surface area contributed by atoms with Crippen LogP contribution >= 0.6 is 0 Å². The van der Waals surface area contributed by atoms with E-state index in [0.29, 0.717) is 38.3 Å². The number of halogens is 3. The molecule has 0 N–H and O–H groups in total. The van der Waals surface area contributed by atoms with Crippen molar-refractivity contribution in [2.24, 2.45) is 0 Å². The van der Waals surface area contributed by atoms with Crippen LogP contribution < -0.4 is 56.8 Å². The second-order valence-electron chi connectivity index (χ2n) is 9.25. The van der Waals surface area contributed by atoms with Gasteiger partial charge in [-0.05, 0) is 33.9 Å². The van der Waals surface area contributed by atoms with Crippen LogP contribution in [0, 0.1) is 12.3 Å². The summed E-state index contributed by atoms with van der Waals surface area (Å²) in [4.78, 5) is 16.5. The predicted octanol–water partition coefficient (Wildman–Crippen LogP) is 1.79. The van der Waals surface area contributed by atoms with Crippen molar-refractivity contribution in [3.05, 3.63) is 89.0 Å². The number of carbonyl (C=O) groups is 1. The van der Waals surface area contributed by atoms with Crippen molar-refractivity contribution in [3.8, 4) is 23.5 Å². The Morgan fingerprint density at radius 2 is 1.54 bits per heavy atom. The Labute approximate surface area is 257 Å². The van der Waals surface area contributed by atoms with E-state index in [1.165, 1.54) is 17.2 Å². The van der Waals surface area contributed by atoms with Gasteiger partial charge in [-0.2, -0.15) is 0 Å². The molecule has 0 aromatic heterocycles. The third kappa shape index (κ3) is 6.17. The third-order valence-electron chi connectivity index (χ3n) is 6.93. The first-order valence-corrected chi connectivity index (χ1v) is 12.0. The topological polar surface area (TPSA) is 32.8 Å². The maximum Gasteiger partial charge on any atom is 1.00 e. The molecular weight excluding hydrogens is 503 g/mol. The van der Waals surface area contributed by atoms with E-state index in [9.17, 15) is 17.7 Å². The molecule has 9 heteroatoms. The predicted molar refractivity (Wildman–Crippen MR) is 135 cm³/mol. The average molecular weight is 528 g/mol. The maximum absolute atomic E-state index is 13.3. The first-order chi connectivity index (χ1) is 17.3. The number of hydrogen-bond acceptors (Lipinski definition) is 3. The van der Waals surface area contributed by atoms with Gasteiger partial charge in [0.25, 0.3) is 0 Å². The van der Waals surface area contributed by atoms with E-state index in [2.05, 4.69) is 30.2 Å². The average Bonchev–Trinajstić information content (AvgIpc) is 3.20. The molecule has 1 fully saturated rings. The van der Waals surface area contributed by atoms with Gasteiger partial charge in [0.15, 0.2) is 0 Å². The monoisotopic (exact) mass is 528 g/mol. The van der Waals surface area contributed by atoms with Crippen molar-refractivity contribution >= 4 is 18.5 Å². The van der Waals surface area contributed by atoms with Gasteiger partial charge in [-0.1, -0.05) is 66.6 Å². The molecule has 3 aromatic rings. The number of ether oxygens (including phenoxy) is 1. The number of amides is 1. The Kier molecular flexibility index (Phi) is 8.89. The molecule has 0 radical (unpaired) electrons. The molecule has 1 saturated heterocycles. The first kappa shape index (κ1) is 28.0. The molecule has 1 aliphatic carbocycles. The van der Waals surface area contributed by atoms with Crippen LogP contribution in [0.2, 0.25) is 0 Å². The molecule has 1 heterocycles. The van der Waals surface area contributed by atoms with E-state index in [1.54, 1.807) is 11.0 Å². The largest absolute Gasteiger partial charge is 1.00 e. The minimum Gasteiger partial charge on any atom is -0.448 e. The summed E-state index contributed by atoms with van der Waals surface area (Å²) >= 11 is 0. The summed E-state index contributed by atoms with van der Waals surface area (Å²) in [5, 5.41) is 0. The Bertz CT molecular complexity index is 1290. The summed E-state index contributed by atoms with van der Waals surface area (Å²) < 4.78 is 45.6. The molecule has 0 bridgehead atoms. The summed E-state index contributed by atoms with van der Waals surface area (Å²) in [6, 6.07) is 20.1. The van der Waals surface area contributed by atoms with Crippen LogP contribution in [0.1, 0.15) is 28.2 Å². The molecule has 1 amide bonds. The molecule has 37 heavy (non-hydrogen) atoms. The molecule has 4 nitrogen and oxygen atoms in total. The van der Waals surface area contributed by atoms with Gasteiger partial charge in [0, 0.05) is 44.2 Å². The standard InChI is InChI=1S/C28H25BF3N2O2.K/c1-2-20-15-21(17-22(16-20)29(30,31)32)18-33-11-13-34(14-12-33)28(35)36-19-27-25-9-5-3-7-23(25)24-8-4-6-10-26(24)27;/h1,3-10,15-17,27H,11-14,18-19H2;/q-1;+1. The SMILES string of the molecule is C#Cc1cc(CN2CCN(C(=O)OCC3c4ccccc4-c4ccccc43)CC2)cc([B-](F)(F)F)c1.[K+]. The minimum absolute atomic E-state index is 0. The summed E-state index contributed by atoms with van der Waals surface area (Å²) in [6.45, 7) is -2.56. The molecule has 5 rings (SSSR count). The summed E-state index contributed by atoms with van der Waals surface area (Å²) in [7, 11) is 0. The zero-order valence-electron chi connectivity index (χ0n) is 20.7. The number of benzene rings is 3. The van der Waals surface area contributed by atoms with Crippen molar-refractivity contribution in [3.63, 3.8) is 0 Å². The van der Waals surface area contributed by atoms with E-state index < -0.39 is 12.4 Å². The molecule has 0 spiro atoms. The zero-order chi connectivity index (χ0) is 25.3. The van der Waals surface area contributed by atoms with Crippen molar-refractivity contribution in [2.75, 3.05) is 32.8 Å². The molecule has 3 aromatic carbocycles. The van der Waals surface area contributed by atoms with Gasteiger partial charge in [0.2, 0.25) is 0 Å². The number of terminal acetylenes is 1. The summed E-state index contributed by atoms with van der Waals surface area (Å²) in [5.41, 5.74) is 4.72. The number of rotatable bonds is 5.